The van der Waals surface area contributed by atoms with Crippen LogP contribution in [0.3, 0.4) is 0 Å². The van der Waals surface area contributed by atoms with Crippen molar-refractivity contribution in [1.82, 2.24) is 4.57 Å². The van der Waals surface area contributed by atoms with E-state index >= 15 is 0 Å². The lowest BCUT2D eigenvalue weighted by molar-refractivity contribution is -0.140. The number of hydrogen-bond acceptors (Lipinski definition) is 7. The monoisotopic (exact) mass is 608 g/mol. The van der Waals surface area contributed by atoms with Gasteiger partial charge in [0, 0.05) is 17.2 Å². The third-order valence-corrected chi connectivity index (χ3v) is 8.00. The van der Waals surface area contributed by atoms with E-state index in [0.717, 1.165) is 5.56 Å². The zero-order chi connectivity index (χ0) is 28.9. The van der Waals surface area contributed by atoms with Crippen LogP contribution in [0.5, 0.6) is 5.75 Å². The Morgan fingerprint density at radius 2 is 1.80 bits per heavy atom. The molecular formula is C31H26Cl2N2O5S. The average Bonchev–Trinajstić information content (AvgIpc) is 3.27. The van der Waals surface area contributed by atoms with E-state index in [4.69, 9.17) is 37.4 Å². The van der Waals surface area contributed by atoms with E-state index in [2.05, 4.69) is 4.99 Å². The van der Waals surface area contributed by atoms with Crippen LogP contribution in [0.15, 0.2) is 93.9 Å². The summed E-state index contributed by atoms with van der Waals surface area (Å²) < 4.78 is 18.4. The predicted molar refractivity (Wildman–Crippen MR) is 160 cm³/mol. The number of fused-ring (bicyclic) bond motifs is 1. The van der Waals surface area contributed by atoms with Crippen LogP contribution in [0.25, 0.3) is 6.08 Å². The highest BCUT2D eigenvalue weighted by atomic mass is 35.5. The van der Waals surface area contributed by atoms with Gasteiger partial charge in [0.05, 0.1) is 28.5 Å². The number of nitrogens with zero attached hydrogens (tertiary/aromatic N) is 2. The molecule has 0 radical (unpaired) electrons. The van der Waals surface area contributed by atoms with E-state index in [-0.39, 0.29) is 24.3 Å². The number of rotatable bonds is 9. The smallest absolute Gasteiger partial charge is 0.338 e. The summed E-state index contributed by atoms with van der Waals surface area (Å²) in [6.07, 6.45) is 1.70. The molecule has 0 aliphatic carbocycles. The lowest BCUT2D eigenvalue weighted by atomic mass is 9.96. The molecule has 0 saturated heterocycles. The minimum atomic E-state index is -0.757. The summed E-state index contributed by atoms with van der Waals surface area (Å²) in [4.78, 5) is 32.2. The molecule has 0 fully saturated rings. The number of halogens is 2. The van der Waals surface area contributed by atoms with Crippen LogP contribution in [0.2, 0.25) is 10.0 Å². The van der Waals surface area contributed by atoms with E-state index in [1.54, 1.807) is 31.2 Å². The molecule has 2 heterocycles. The Morgan fingerprint density at radius 3 is 2.51 bits per heavy atom. The summed E-state index contributed by atoms with van der Waals surface area (Å²) in [5.74, 6) is 0.0973. The number of aromatic nitrogens is 1. The van der Waals surface area contributed by atoms with Crippen molar-refractivity contribution in [3.63, 3.8) is 0 Å². The van der Waals surface area contributed by atoms with Crippen LogP contribution in [0, 0.1) is 0 Å². The Kier molecular flexibility index (Phi) is 9.05. The van der Waals surface area contributed by atoms with Crippen LogP contribution in [0.4, 0.5) is 0 Å². The second-order valence-electron chi connectivity index (χ2n) is 9.22. The Bertz CT molecular complexity index is 1780. The van der Waals surface area contributed by atoms with Gasteiger partial charge in [-0.3, -0.25) is 9.36 Å². The number of ether oxygens (including phenoxy) is 3. The van der Waals surface area contributed by atoms with Crippen LogP contribution < -0.4 is 19.6 Å². The molecule has 1 aliphatic rings. The fourth-order valence-electron chi connectivity index (χ4n) is 4.44. The van der Waals surface area contributed by atoms with Gasteiger partial charge in [-0.15, -0.1) is 0 Å². The standard InChI is InChI=1S/C31H26Cl2N2O5S/c1-19-27(30(37)39-15-14-38-2)28(21-9-12-24(13-10-21)40-18-20-6-4-3-5-7-20)35-29(36)26(41-31(35)34-19)16-22-8-11-23(32)17-25(22)33/h3-13,16-17,28H,14-15,18H2,1-2H3/b26-16-. The summed E-state index contributed by atoms with van der Waals surface area (Å²) in [5, 5.41) is 0.918. The first-order valence-electron chi connectivity index (χ1n) is 12.8. The van der Waals surface area contributed by atoms with Crippen LogP contribution in [-0.2, 0) is 20.9 Å². The highest BCUT2D eigenvalue weighted by Crippen LogP contribution is 2.32. The molecule has 5 rings (SSSR count). The van der Waals surface area contributed by atoms with Gasteiger partial charge in [0.15, 0.2) is 4.80 Å². The second kappa shape index (κ2) is 12.9. The molecule has 0 bridgehead atoms. The zero-order valence-corrected chi connectivity index (χ0v) is 24.6. The lowest BCUT2D eigenvalue weighted by Gasteiger charge is -2.25. The molecule has 41 heavy (non-hydrogen) atoms. The molecular weight excluding hydrogens is 583 g/mol. The van der Waals surface area contributed by atoms with Crippen LogP contribution >= 0.6 is 34.5 Å². The number of carbonyl (C=O) groups excluding carboxylic acids is 1. The summed E-state index contributed by atoms with van der Waals surface area (Å²) in [7, 11) is 1.53. The molecule has 1 atom stereocenters. The maximum atomic E-state index is 13.8. The Morgan fingerprint density at radius 1 is 1.05 bits per heavy atom. The number of carbonyl (C=O) groups is 1. The Hall–Kier alpha value is -3.69. The van der Waals surface area contributed by atoms with Crippen molar-refractivity contribution in [2.75, 3.05) is 20.3 Å². The first kappa shape index (κ1) is 28.8. The molecule has 0 amide bonds. The molecule has 4 aromatic rings. The summed E-state index contributed by atoms with van der Waals surface area (Å²) in [6, 6.07) is 21.5. The third-order valence-electron chi connectivity index (χ3n) is 6.46. The molecule has 3 aromatic carbocycles. The van der Waals surface area contributed by atoms with Crippen molar-refractivity contribution < 1.29 is 19.0 Å². The molecule has 10 heteroatoms. The maximum absolute atomic E-state index is 13.8. The molecule has 0 N–H and O–H groups in total. The maximum Gasteiger partial charge on any atom is 0.338 e. The van der Waals surface area contributed by atoms with E-state index in [0.29, 0.717) is 48.6 Å². The van der Waals surface area contributed by atoms with Crippen LogP contribution in [0.1, 0.15) is 29.7 Å². The van der Waals surface area contributed by atoms with Gasteiger partial charge in [0.1, 0.15) is 19.0 Å². The quantitative estimate of drug-likeness (QED) is 0.190. The molecule has 1 unspecified atom stereocenters. The normalized spacial score (nSPS) is 14.9. The van der Waals surface area contributed by atoms with Gasteiger partial charge in [-0.25, -0.2) is 9.79 Å². The van der Waals surface area contributed by atoms with E-state index in [9.17, 15) is 9.59 Å². The van der Waals surface area contributed by atoms with Gasteiger partial charge in [0.25, 0.3) is 5.56 Å². The summed E-state index contributed by atoms with van der Waals surface area (Å²) >= 11 is 13.6. The SMILES string of the molecule is COCCOC(=O)C1=C(C)N=c2s/c(=C\c3ccc(Cl)cc3Cl)c(=O)n2C1c1ccc(OCc2ccccc2)cc1. The molecule has 1 aliphatic heterocycles. The number of thiazole rings is 1. The van der Waals surface area contributed by atoms with Gasteiger partial charge >= 0.3 is 5.97 Å². The number of hydrogen-bond donors (Lipinski definition) is 0. The molecule has 0 saturated carbocycles. The van der Waals surface area contributed by atoms with E-state index in [1.807, 2.05) is 54.6 Å². The first-order valence-corrected chi connectivity index (χ1v) is 14.3. The van der Waals surface area contributed by atoms with Gasteiger partial charge in [0.2, 0.25) is 0 Å². The van der Waals surface area contributed by atoms with Crippen molar-refractivity contribution in [3.8, 4) is 5.75 Å². The number of benzene rings is 3. The fourth-order valence-corrected chi connectivity index (χ4v) is 5.94. The summed E-state index contributed by atoms with van der Waals surface area (Å²) in [5.41, 5.74) is 2.85. The van der Waals surface area contributed by atoms with Gasteiger partial charge in [-0.1, -0.05) is 83.1 Å². The number of esters is 1. The topological polar surface area (TPSA) is 79.1 Å². The highest BCUT2D eigenvalue weighted by Gasteiger charge is 2.33. The van der Waals surface area contributed by atoms with Gasteiger partial charge in [-0.05, 0) is 54.0 Å². The Balaban J connectivity index is 1.56. The zero-order valence-electron chi connectivity index (χ0n) is 22.3. The van der Waals surface area contributed by atoms with Crippen molar-refractivity contribution in [2.24, 2.45) is 4.99 Å². The van der Waals surface area contributed by atoms with Crippen LogP contribution in [-0.4, -0.2) is 30.9 Å². The number of allylic oxidation sites excluding steroid dienone is 1. The van der Waals surface area contributed by atoms with Gasteiger partial charge < -0.3 is 14.2 Å². The average molecular weight is 610 g/mol. The summed E-state index contributed by atoms with van der Waals surface area (Å²) in [6.45, 7) is 2.48. The highest BCUT2D eigenvalue weighted by molar-refractivity contribution is 7.07. The predicted octanol–water partition coefficient (Wildman–Crippen LogP) is 5.31. The fraction of sp³-hybridized carbons (Fsp3) is 0.194. The minimum Gasteiger partial charge on any atom is -0.489 e. The lowest BCUT2D eigenvalue weighted by Crippen LogP contribution is -2.40. The first-order chi connectivity index (χ1) is 19.9. The molecule has 0 spiro atoms. The molecule has 210 valence electrons. The minimum absolute atomic E-state index is 0.0740. The second-order valence-corrected chi connectivity index (χ2v) is 11.1. The molecule has 7 nitrogen and oxygen atoms in total. The third kappa shape index (κ3) is 6.47. The Labute approximate surface area is 250 Å². The van der Waals surface area contributed by atoms with E-state index < -0.39 is 12.0 Å². The number of methoxy groups -OCH3 is 1. The van der Waals surface area contributed by atoms with Crippen molar-refractivity contribution >= 4 is 46.6 Å². The van der Waals surface area contributed by atoms with Crippen molar-refractivity contribution in [1.29, 1.82) is 0 Å². The van der Waals surface area contributed by atoms with Crippen molar-refractivity contribution in [3.05, 3.63) is 130 Å². The van der Waals surface area contributed by atoms with Gasteiger partial charge in [-0.2, -0.15) is 0 Å². The largest absolute Gasteiger partial charge is 0.489 e. The van der Waals surface area contributed by atoms with Crippen molar-refractivity contribution in [2.45, 2.75) is 19.6 Å². The molecule has 1 aromatic heterocycles. The van der Waals surface area contributed by atoms with E-state index in [1.165, 1.54) is 23.0 Å².